The highest BCUT2D eigenvalue weighted by atomic mass is 16.2. The van der Waals surface area contributed by atoms with Crippen molar-refractivity contribution in [1.29, 1.82) is 0 Å². The van der Waals surface area contributed by atoms with Crippen LogP contribution in [-0.2, 0) is 0 Å². The second-order valence-electron chi connectivity index (χ2n) is 8.51. The molecule has 1 aliphatic heterocycles. The number of urea groups is 1. The van der Waals surface area contributed by atoms with Gasteiger partial charge in [0.25, 0.3) is 0 Å². The van der Waals surface area contributed by atoms with E-state index in [0.29, 0.717) is 6.54 Å². The smallest absolute Gasteiger partial charge is 0.317 e. The van der Waals surface area contributed by atoms with E-state index < -0.39 is 0 Å². The molecule has 1 fully saturated rings. The Hall–Kier alpha value is -3.16. The Bertz CT molecular complexity index is 1100. The minimum absolute atomic E-state index is 0.00409. The molecule has 1 aromatic carbocycles. The summed E-state index contributed by atoms with van der Waals surface area (Å²) in [7, 11) is 0. The second-order valence-corrected chi connectivity index (χ2v) is 8.51. The summed E-state index contributed by atoms with van der Waals surface area (Å²) in [6.45, 7) is 13.0. The van der Waals surface area contributed by atoms with E-state index in [9.17, 15) is 4.79 Å². The number of para-hydroxylation sites is 1. The zero-order valence-corrected chi connectivity index (χ0v) is 19.0. The molecule has 0 spiro atoms. The van der Waals surface area contributed by atoms with E-state index in [2.05, 4.69) is 29.3 Å². The predicted molar refractivity (Wildman–Crippen MR) is 123 cm³/mol. The van der Waals surface area contributed by atoms with Gasteiger partial charge >= 0.3 is 6.03 Å². The van der Waals surface area contributed by atoms with Crippen LogP contribution in [0.2, 0.25) is 0 Å². The maximum atomic E-state index is 12.5. The Morgan fingerprint density at radius 2 is 1.81 bits per heavy atom. The minimum Gasteiger partial charge on any atom is -0.354 e. The molecule has 8 nitrogen and oxygen atoms in total. The topological polar surface area (TPSA) is 79.2 Å². The number of carbonyl (C=O) groups is 1. The average molecular weight is 422 g/mol. The van der Waals surface area contributed by atoms with Crippen molar-refractivity contribution in [3.05, 3.63) is 41.3 Å². The molecule has 0 atom stereocenters. The van der Waals surface area contributed by atoms with Crippen LogP contribution in [0.1, 0.15) is 37.4 Å². The summed E-state index contributed by atoms with van der Waals surface area (Å²) in [5.74, 6) is 1.63. The highest BCUT2D eigenvalue weighted by Gasteiger charge is 2.24. The van der Waals surface area contributed by atoms with Gasteiger partial charge in [0.1, 0.15) is 11.6 Å². The number of fused-ring (bicyclic) bond motifs is 1. The summed E-state index contributed by atoms with van der Waals surface area (Å²) in [6, 6.07) is 8.33. The van der Waals surface area contributed by atoms with Gasteiger partial charge in [0.15, 0.2) is 5.65 Å². The lowest BCUT2D eigenvalue weighted by Crippen LogP contribution is -2.44. The molecule has 2 aromatic heterocycles. The van der Waals surface area contributed by atoms with E-state index in [-0.39, 0.29) is 12.1 Å². The second kappa shape index (κ2) is 8.53. The number of hydrogen-bond donors (Lipinski definition) is 1. The molecular weight excluding hydrogens is 390 g/mol. The van der Waals surface area contributed by atoms with Crippen molar-refractivity contribution in [2.45, 2.75) is 47.1 Å². The van der Waals surface area contributed by atoms with Crippen molar-refractivity contribution in [2.24, 2.45) is 0 Å². The van der Waals surface area contributed by atoms with E-state index in [1.165, 1.54) is 0 Å². The van der Waals surface area contributed by atoms with Crippen LogP contribution in [0.15, 0.2) is 24.3 Å². The third kappa shape index (κ3) is 4.19. The standard InChI is InChI=1S/C23H31N7O/c1-15(2)24-23(31)29-12-8-11-28(13-14-29)21-20-17(4)27-30(22(20)26-18(5)25-21)19-10-7-6-9-16(19)3/h6-7,9-10,15H,8,11-14H2,1-5H3,(H,24,31). The number of hydrogen-bond acceptors (Lipinski definition) is 5. The molecule has 0 unspecified atom stereocenters. The summed E-state index contributed by atoms with van der Waals surface area (Å²) in [6.07, 6.45) is 0.890. The first-order valence-corrected chi connectivity index (χ1v) is 11.0. The van der Waals surface area contributed by atoms with Gasteiger partial charge in [-0.1, -0.05) is 18.2 Å². The normalized spacial score (nSPS) is 14.9. The van der Waals surface area contributed by atoms with E-state index in [1.54, 1.807) is 0 Å². The molecular formula is C23H31N7O. The third-order valence-electron chi connectivity index (χ3n) is 5.63. The molecule has 3 aromatic rings. The lowest BCUT2D eigenvalue weighted by molar-refractivity contribution is 0.199. The fourth-order valence-corrected chi connectivity index (χ4v) is 4.14. The van der Waals surface area contributed by atoms with Crippen LogP contribution in [0, 0.1) is 20.8 Å². The molecule has 0 bridgehead atoms. The lowest BCUT2D eigenvalue weighted by Gasteiger charge is -2.24. The van der Waals surface area contributed by atoms with Crippen LogP contribution in [0.4, 0.5) is 10.6 Å². The fourth-order valence-electron chi connectivity index (χ4n) is 4.14. The first-order chi connectivity index (χ1) is 14.8. The Kier molecular flexibility index (Phi) is 5.80. The molecule has 0 saturated carbocycles. The molecule has 1 saturated heterocycles. The van der Waals surface area contributed by atoms with Gasteiger partial charge in [0, 0.05) is 32.2 Å². The van der Waals surface area contributed by atoms with Gasteiger partial charge in [-0.05, 0) is 52.7 Å². The first kappa shape index (κ1) is 21.1. The predicted octanol–water partition coefficient (Wildman–Crippen LogP) is 3.37. The van der Waals surface area contributed by atoms with Crippen LogP contribution >= 0.6 is 0 Å². The maximum absolute atomic E-state index is 12.5. The summed E-state index contributed by atoms with van der Waals surface area (Å²) in [4.78, 5) is 26.2. The Labute approximate surface area is 183 Å². The van der Waals surface area contributed by atoms with Gasteiger partial charge in [-0.3, -0.25) is 0 Å². The first-order valence-electron chi connectivity index (χ1n) is 11.0. The van der Waals surface area contributed by atoms with E-state index in [0.717, 1.165) is 65.7 Å². The highest BCUT2D eigenvalue weighted by molar-refractivity contribution is 5.91. The van der Waals surface area contributed by atoms with Crippen LogP contribution in [0.5, 0.6) is 0 Å². The van der Waals surface area contributed by atoms with Crippen molar-refractivity contribution in [3.8, 4) is 5.69 Å². The third-order valence-corrected chi connectivity index (χ3v) is 5.63. The number of nitrogens with one attached hydrogen (secondary N) is 1. The van der Waals surface area contributed by atoms with Crippen LogP contribution in [-0.4, -0.2) is 62.9 Å². The van der Waals surface area contributed by atoms with E-state index >= 15 is 0 Å². The zero-order chi connectivity index (χ0) is 22.1. The fraction of sp³-hybridized carbons (Fsp3) is 0.478. The number of anilines is 1. The molecule has 3 heterocycles. The number of rotatable bonds is 3. The van der Waals surface area contributed by atoms with Gasteiger partial charge in [0.2, 0.25) is 0 Å². The average Bonchev–Trinajstić information content (AvgIpc) is 2.89. The number of aromatic nitrogens is 4. The number of amides is 2. The SMILES string of the molecule is Cc1nc(N2CCCN(C(=O)NC(C)C)CC2)c2c(C)nn(-c3ccccc3C)c2n1. The monoisotopic (exact) mass is 421 g/mol. The minimum atomic E-state index is 0.00409. The van der Waals surface area contributed by atoms with Crippen molar-refractivity contribution in [2.75, 3.05) is 31.1 Å². The van der Waals surface area contributed by atoms with Gasteiger partial charge in [0.05, 0.1) is 16.8 Å². The van der Waals surface area contributed by atoms with Gasteiger partial charge < -0.3 is 15.1 Å². The van der Waals surface area contributed by atoms with Crippen molar-refractivity contribution in [1.82, 2.24) is 30.0 Å². The van der Waals surface area contributed by atoms with Crippen LogP contribution in [0.25, 0.3) is 16.7 Å². The molecule has 1 aliphatic rings. The van der Waals surface area contributed by atoms with Crippen LogP contribution < -0.4 is 10.2 Å². The molecule has 31 heavy (non-hydrogen) atoms. The number of aryl methyl sites for hydroxylation is 3. The van der Waals surface area contributed by atoms with Gasteiger partial charge in [-0.15, -0.1) is 0 Å². The quantitative estimate of drug-likeness (QED) is 0.701. The summed E-state index contributed by atoms with van der Waals surface area (Å²) in [5, 5.41) is 8.81. The number of carbonyl (C=O) groups excluding carboxylic acids is 1. The van der Waals surface area contributed by atoms with E-state index in [1.807, 2.05) is 49.4 Å². The molecule has 1 N–H and O–H groups in total. The molecule has 0 radical (unpaired) electrons. The lowest BCUT2D eigenvalue weighted by atomic mass is 10.2. The molecule has 0 aliphatic carbocycles. The molecule has 164 valence electrons. The summed E-state index contributed by atoms with van der Waals surface area (Å²) < 4.78 is 1.93. The zero-order valence-electron chi connectivity index (χ0n) is 19.0. The molecule has 4 rings (SSSR count). The Morgan fingerprint density at radius 3 is 2.55 bits per heavy atom. The Balaban J connectivity index is 1.70. The summed E-state index contributed by atoms with van der Waals surface area (Å²) in [5.41, 5.74) is 3.91. The number of nitrogens with zero attached hydrogens (tertiary/aromatic N) is 6. The van der Waals surface area contributed by atoms with E-state index in [4.69, 9.17) is 15.1 Å². The molecule has 8 heteroatoms. The van der Waals surface area contributed by atoms with Crippen molar-refractivity contribution in [3.63, 3.8) is 0 Å². The van der Waals surface area contributed by atoms with Gasteiger partial charge in [-0.2, -0.15) is 5.10 Å². The molecule has 2 amide bonds. The largest absolute Gasteiger partial charge is 0.354 e. The highest BCUT2D eigenvalue weighted by Crippen LogP contribution is 2.30. The number of benzene rings is 1. The van der Waals surface area contributed by atoms with Gasteiger partial charge in [-0.25, -0.2) is 19.4 Å². The van der Waals surface area contributed by atoms with Crippen molar-refractivity contribution < 1.29 is 4.79 Å². The Morgan fingerprint density at radius 1 is 1.03 bits per heavy atom. The maximum Gasteiger partial charge on any atom is 0.317 e. The summed E-state index contributed by atoms with van der Waals surface area (Å²) >= 11 is 0. The van der Waals surface area contributed by atoms with Crippen LogP contribution in [0.3, 0.4) is 0 Å². The van der Waals surface area contributed by atoms with Crippen molar-refractivity contribution >= 4 is 22.9 Å².